The number of imidazole rings is 1. The van der Waals surface area contributed by atoms with E-state index in [0.717, 1.165) is 39.5 Å². The van der Waals surface area contributed by atoms with Crippen molar-refractivity contribution in [1.82, 2.24) is 9.55 Å². The number of rotatable bonds is 7. The minimum atomic E-state index is 0.375. The maximum atomic E-state index is 6.12. The number of halogens is 1. The molecule has 4 nitrogen and oxygen atoms in total. The minimum absolute atomic E-state index is 0.375. The highest BCUT2D eigenvalue weighted by Gasteiger charge is 2.12. The van der Waals surface area contributed by atoms with Crippen LogP contribution in [-0.4, -0.2) is 16.2 Å². The van der Waals surface area contributed by atoms with Gasteiger partial charge in [-0.3, -0.25) is 0 Å². The molecule has 5 heteroatoms. The Morgan fingerprint density at radius 2 is 1.59 bits per heavy atom. The molecule has 0 bridgehead atoms. The zero-order chi connectivity index (χ0) is 20.2. The molecule has 3 aromatic carbocycles. The summed E-state index contributed by atoms with van der Waals surface area (Å²) in [4.78, 5) is 4.76. The van der Waals surface area contributed by atoms with Gasteiger partial charge in [-0.1, -0.05) is 41.9 Å². The topological polar surface area (TPSA) is 36.3 Å². The minimum Gasteiger partial charge on any atom is -0.491 e. The molecule has 1 heterocycles. The van der Waals surface area contributed by atoms with Crippen LogP contribution in [0.5, 0.6) is 11.5 Å². The second-order valence-corrected chi connectivity index (χ2v) is 7.42. The molecule has 0 saturated carbocycles. The summed E-state index contributed by atoms with van der Waals surface area (Å²) < 4.78 is 14.2. The van der Waals surface area contributed by atoms with Crippen LogP contribution in [-0.2, 0) is 13.2 Å². The Labute approximate surface area is 175 Å². The van der Waals surface area contributed by atoms with Crippen molar-refractivity contribution in [1.29, 1.82) is 0 Å². The molecule has 0 radical (unpaired) electrons. The summed E-state index contributed by atoms with van der Waals surface area (Å²) in [6.07, 6.45) is 0. The van der Waals surface area contributed by atoms with E-state index in [4.69, 9.17) is 26.1 Å². The molecule has 0 N–H and O–H groups in total. The molecule has 0 unspecified atom stereocenters. The van der Waals surface area contributed by atoms with Crippen molar-refractivity contribution in [2.24, 2.45) is 0 Å². The number of nitrogens with zero attached hydrogens (tertiary/aromatic N) is 2. The summed E-state index contributed by atoms with van der Waals surface area (Å²) in [6.45, 7) is 5.76. The fourth-order valence-electron chi connectivity index (χ4n) is 3.43. The number of benzene rings is 3. The fraction of sp³-hybridized carbons (Fsp3) is 0.208. The van der Waals surface area contributed by atoms with Crippen LogP contribution in [0.4, 0.5) is 0 Å². The third-order valence-electron chi connectivity index (χ3n) is 4.89. The Kier molecular flexibility index (Phi) is 5.72. The molecular formula is C24H23ClN2O2. The first-order chi connectivity index (χ1) is 14.1. The number of para-hydroxylation sites is 3. The van der Waals surface area contributed by atoms with Crippen LogP contribution < -0.4 is 9.47 Å². The zero-order valence-electron chi connectivity index (χ0n) is 16.6. The van der Waals surface area contributed by atoms with Gasteiger partial charge in [0.05, 0.1) is 17.6 Å². The van der Waals surface area contributed by atoms with E-state index in [9.17, 15) is 0 Å². The van der Waals surface area contributed by atoms with Crippen molar-refractivity contribution in [3.63, 3.8) is 0 Å². The Balaban J connectivity index is 1.52. The maximum Gasteiger partial charge on any atom is 0.148 e. The van der Waals surface area contributed by atoms with E-state index in [1.54, 1.807) is 0 Å². The Morgan fingerprint density at radius 1 is 0.862 bits per heavy atom. The first-order valence-electron chi connectivity index (χ1n) is 9.63. The SMILES string of the molecule is Cc1cccc(C)c1OCCn1c(COc2ccc(Cl)cc2)nc2ccccc21. The number of hydrogen-bond donors (Lipinski definition) is 0. The summed E-state index contributed by atoms with van der Waals surface area (Å²) in [5, 5.41) is 0.688. The maximum absolute atomic E-state index is 6.12. The largest absolute Gasteiger partial charge is 0.491 e. The zero-order valence-corrected chi connectivity index (χ0v) is 17.3. The number of aromatic nitrogens is 2. The van der Waals surface area contributed by atoms with Crippen molar-refractivity contribution >= 4 is 22.6 Å². The van der Waals surface area contributed by atoms with Crippen LogP contribution in [0.15, 0.2) is 66.7 Å². The lowest BCUT2D eigenvalue weighted by Gasteiger charge is -2.14. The highest BCUT2D eigenvalue weighted by Crippen LogP contribution is 2.23. The fourth-order valence-corrected chi connectivity index (χ4v) is 3.56. The molecule has 0 amide bonds. The lowest BCUT2D eigenvalue weighted by molar-refractivity contribution is 0.271. The molecule has 0 saturated heterocycles. The summed E-state index contributed by atoms with van der Waals surface area (Å²) in [6, 6.07) is 21.7. The second kappa shape index (κ2) is 8.58. The van der Waals surface area contributed by atoms with Crippen molar-refractivity contribution in [2.45, 2.75) is 27.0 Å². The van der Waals surface area contributed by atoms with Crippen molar-refractivity contribution in [2.75, 3.05) is 6.61 Å². The van der Waals surface area contributed by atoms with Crippen molar-refractivity contribution in [3.05, 3.63) is 88.7 Å². The van der Waals surface area contributed by atoms with Crippen molar-refractivity contribution < 1.29 is 9.47 Å². The van der Waals surface area contributed by atoms with Gasteiger partial charge in [-0.15, -0.1) is 0 Å². The predicted molar refractivity (Wildman–Crippen MR) is 117 cm³/mol. The quantitative estimate of drug-likeness (QED) is 0.379. The van der Waals surface area contributed by atoms with Crippen LogP contribution >= 0.6 is 11.6 Å². The van der Waals surface area contributed by atoms with Gasteiger partial charge in [0.25, 0.3) is 0 Å². The first kappa shape index (κ1) is 19.3. The molecule has 0 fully saturated rings. The number of ether oxygens (including phenoxy) is 2. The summed E-state index contributed by atoms with van der Waals surface area (Å²) in [5.41, 5.74) is 4.32. The van der Waals surface area contributed by atoms with Gasteiger partial charge in [-0.25, -0.2) is 4.98 Å². The van der Waals surface area contributed by atoms with Crippen LogP contribution in [0.1, 0.15) is 17.0 Å². The third kappa shape index (κ3) is 4.38. The van der Waals surface area contributed by atoms with E-state index in [1.165, 1.54) is 0 Å². The van der Waals surface area contributed by atoms with Crippen LogP contribution in [0.2, 0.25) is 5.02 Å². The molecular weight excluding hydrogens is 384 g/mol. The molecule has 0 atom stereocenters. The Hall–Kier alpha value is -2.98. The van der Waals surface area contributed by atoms with Crippen LogP contribution in [0, 0.1) is 13.8 Å². The number of fused-ring (bicyclic) bond motifs is 1. The molecule has 0 aliphatic carbocycles. The van der Waals surface area contributed by atoms with E-state index in [1.807, 2.05) is 48.5 Å². The monoisotopic (exact) mass is 406 g/mol. The first-order valence-corrected chi connectivity index (χ1v) is 10.0. The van der Waals surface area contributed by atoms with Gasteiger partial charge < -0.3 is 14.0 Å². The van der Waals surface area contributed by atoms with Gasteiger partial charge in [0.2, 0.25) is 0 Å². The van der Waals surface area contributed by atoms with Crippen LogP contribution in [0.3, 0.4) is 0 Å². The van der Waals surface area contributed by atoms with Crippen molar-refractivity contribution in [3.8, 4) is 11.5 Å². The molecule has 4 aromatic rings. The predicted octanol–water partition coefficient (Wildman–Crippen LogP) is 5.96. The molecule has 29 heavy (non-hydrogen) atoms. The van der Waals surface area contributed by atoms with Crippen LogP contribution in [0.25, 0.3) is 11.0 Å². The number of aryl methyl sites for hydroxylation is 2. The Morgan fingerprint density at radius 3 is 2.34 bits per heavy atom. The summed E-state index contributed by atoms with van der Waals surface area (Å²) in [5.74, 6) is 2.59. The van der Waals surface area contributed by atoms with Gasteiger partial charge in [-0.05, 0) is 61.4 Å². The van der Waals surface area contributed by atoms with Gasteiger partial charge in [0, 0.05) is 5.02 Å². The van der Waals surface area contributed by atoms with Gasteiger partial charge in [0.1, 0.15) is 30.5 Å². The van der Waals surface area contributed by atoms with Gasteiger partial charge >= 0.3 is 0 Å². The average molecular weight is 407 g/mol. The van der Waals surface area contributed by atoms with E-state index in [0.29, 0.717) is 24.8 Å². The second-order valence-electron chi connectivity index (χ2n) is 6.98. The lowest BCUT2D eigenvalue weighted by Crippen LogP contribution is -2.13. The highest BCUT2D eigenvalue weighted by atomic mass is 35.5. The third-order valence-corrected chi connectivity index (χ3v) is 5.14. The molecule has 4 rings (SSSR count). The molecule has 0 aliphatic rings. The lowest BCUT2D eigenvalue weighted by atomic mass is 10.1. The standard InChI is InChI=1S/C24H23ClN2O2/c1-17-6-5-7-18(2)24(17)28-15-14-27-22-9-4-3-8-21(22)26-23(27)16-29-20-12-10-19(25)11-13-20/h3-13H,14-16H2,1-2H3. The molecule has 0 spiro atoms. The average Bonchev–Trinajstić information content (AvgIpc) is 3.07. The van der Waals surface area contributed by atoms with E-state index >= 15 is 0 Å². The van der Waals surface area contributed by atoms with Gasteiger partial charge in [-0.2, -0.15) is 0 Å². The Bertz CT molecular complexity index is 1100. The highest BCUT2D eigenvalue weighted by molar-refractivity contribution is 6.30. The van der Waals surface area contributed by atoms with E-state index < -0.39 is 0 Å². The molecule has 0 aliphatic heterocycles. The molecule has 1 aromatic heterocycles. The summed E-state index contributed by atoms with van der Waals surface area (Å²) in [7, 11) is 0. The molecule has 148 valence electrons. The van der Waals surface area contributed by atoms with E-state index in [2.05, 4.69) is 36.6 Å². The number of hydrogen-bond acceptors (Lipinski definition) is 3. The van der Waals surface area contributed by atoms with Gasteiger partial charge in [0.15, 0.2) is 0 Å². The van der Waals surface area contributed by atoms with E-state index in [-0.39, 0.29) is 0 Å². The smallest absolute Gasteiger partial charge is 0.148 e. The normalized spacial score (nSPS) is 11.0. The summed E-state index contributed by atoms with van der Waals surface area (Å²) >= 11 is 5.95.